The molecule has 0 saturated heterocycles. The van der Waals surface area contributed by atoms with Crippen molar-refractivity contribution in [1.29, 1.82) is 0 Å². The Balaban J connectivity index is 1.44. The molecule has 176 valence electrons. The first-order valence-corrected chi connectivity index (χ1v) is 12.7. The van der Waals surface area contributed by atoms with Crippen LogP contribution in [-0.4, -0.2) is 30.9 Å². The Hall–Kier alpha value is -3.71. The average molecular weight is 482 g/mol. The molecule has 7 heteroatoms. The predicted octanol–water partition coefficient (Wildman–Crippen LogP) is 5.61. The van der Waals surface area contributed by atoms with Gasteiger partial charge in [-0.2, -0.15) is 0 Å². The molecule has 2 heterocycles. The molecule has 1 amide bonds. The fourth-order valence-corrected chi connectivity index (χ4v) is 5.22. The minimum Gasteiger partial charge on any atom is -0.351 e. The number of hydrogen-bond acceptors (Lipinski definition) is 5. The minimum absolute atomic E-state index is 0.00534. The molecule has 0 aliphatic carbocycles. The molecule has 35 heavy (non-hydrogen) atoms. The number of benzene rings is 3. The highest BCUT2D eigenvalue weighted by molar-refractivity contribution is 8.00. The lowest BCUT2D eigenvalue weighted by Gasteiger charge is -2.15. The third kappa shape index (κ3) is 5.20. The number of carbonyl (C=O) groups excluding carboxylic acids is 1. The summed E-state index contributed by atoms with van der Waals surface area (Å²) < 4.78 is 2.18. The van der Waals surface area contributed by atoms with Crippen LogP contribution in [-0.2, 0) is 17.9 Å². The van der Waals surface area contributed by atoms with Gasteiger partial charge in [0.25, 0.3) is 0 Å². The molecule has 0 saturated carbocycles. The number of rotatable bonds is 9. The second-order valence-corrected chi connectivity index (χ2v) is 9.62. The lowest BCUT2D eigenvalue weighted by molar-refractivity contribution is -0.120. The molecular formula is C28H27N5OS. The van der Waals surface area contributed by atoms with Crippen LogP contribution in [0.15, 0.2) is 90.1 Å². The van der Waals surface area contributed by atoms with Gasteiger partial charge in [0.15, 0.2) is 5.65 Å². The first-order valence-electron chi connectivity index (χ1n) is 11.9. The Morgan fingerprint density at radius 3 is 2.34 bits per heavy atom. The Morgan fingerprint density at radius 1 is 0.914 bits per heavy atom. The molecule has 0 aliphatic heterocycles. The molecule has 6 nitrogen and oxygen atoms in total. The van der Waals surface area contributed by atoms with Crippen LogP contribution in [0.3, 0.4) is 0 Å². The first-order chi connectivity index (χ1) is 17.2. The van der Waals surface area contributed by atoms with E-state index in [1.165, 1.54) is 17.3 Å². The Morgan fingerprint density at radius 2 is 1.60 bits per heavy atom. The molecule has 1 atom stereocenters. The van der Waals surface area contributed by atoms with E-state index in [0.29, 0.717) is 18.2 Å². The van der Waals surface area contributed by atoms with E-state index in [1.807, 2.05) is 60.7 Å². The maximum absolute atomic E-state index is 13.0. The fraction of sp³-hybridized carbons (Fsp3) is 0.214. The molecule has 0 bridgehead atoms. The molecule has 5 aromatic rings. The number of para-hydroxylation sites is 1. The zero-order chi connectivity index (χ0) is 24.0. The molecule has 5 rings (SSSR count). The van der Waals surface area contributed by atoms with Crippen LogP contribution in [0, 0.1) is 0 Å². The normalized spacial score (nSPS) is 12.1. The average Bonchev–Trinajstić information content (AvgIpc) is 3.21. The molecule has 0 fully saturated rings. The van der Waals surface area contributed by atoms with Gasteiger partial charge in [0.2, 0.25) is 11.1 Å². The first kappa shape index (κ1) is 23.1. The van der Waals surface area contributed by atoms with Crippen LogP contribution in [0.5, 0.6) is 0 Å². The summed E-state index contributed by atoms with van der Waals surface area (Å²) in [6.45, 7) is 3.27. The van der Waals surface area contributed by atoms with Crippen molar-refractivity contribution in [2.45, 2.75) is 43.3 Å². The van der Waals surface area contributed by atoms with E-state index in [9.17, 15) is 4.79 Å². The van der Waals surface area contributed by atoms with E-state index >= 15 is 0 Å². The van der Waals surface area contributed by atoms with Crippen molar-refractivity contribution in [2.75, 3.05) is 0 Å². The summed E-state index contributed by atoms with van der Waals surface area (Å²) in [6.07, 6.45) is 1.63. The van der Waals surface area contributed by atoms with Gasteiger partial charge in [-0.3, -0.25) is 4.79 Å². The van der Waals surface area contributed by atoms with Gasteiger partial charge < -0.3 is 9.88 Å². The molecular weight excluding hydrogens is 454 g/mol. The smallest absolute Gasteiger partial charge is 0.233 e. The number of aromatic nitrogens is 4. The van der Waals surface area contributed by atoms with Crippen molar-refractivity contribution in [2.24, 2.45) is 0 Å². The number of thioether (sulfide) groups is 1. The quantitative estimate of drug-likeness (QED) is 0.277. The van der Waals surface area contributed by atoms with Gasteiger partial charge in [-0.05, 0) is 23.6 Å². The highest BCUT2D eigenvalue weighted by Gasteiger charge is 2.22. The SMILES string of the molecule is CCCC(Sc1nnc2c3ccccc3n(Cc3ccccc3)c2n1)C(=O)NCc1ccccc1. The number of amides is 1. The zero-order valence-corrected chi connectivity index (χ0v) is 20.4. The Kier molecular flexibility index (Phi) is 7.04. The van der Waals surface area contributed by atoms with Gasteiger partial charge in [0, 0.05) is 18.5 Å². The zero-order valence-electron chi connectivity index (χ0n) is 19.6. The molecule has 0 spiro atoms. The maximum Gasteiger partial charge on any atom is 0.233 e. The van der Waals surface area contributed by atoms with Crippen LogP contribution in [0.4, 0.5) is 0 Å². The van der Waals surface area contributed by atoms with Gasteiger partial charge in [-0.25, -0.2) is 4.98 Å². The Labute approximate surface area is 208 Å². The Bertz CT molecular complexity index is 1440. The van der Waals surface area contributed by atoms with Crippen LogP contribution in [0.25, 0.3) is 22.1 Å². The lowest BCUT2D eigenvalue weighted by atomic mass is 10.2. The van der Waals surface area contributed by atoms with Gasteiger partial charge >= 0.3 is 0 Å². The topological polar surface area (TPSA) is 72.7 Å². The monoisotopic (exact) mass is 481 g/mol. The summed E-state index contributed by atoms with van der Waals surface area (Å²) >= 11 is 1.39. The third-order valence-electron chi connectivity index (χ3n) is 5.94. The van der Waals surface area contributed by atoms with Crippen molar-refractivity contribution in [3.63, 3.8) is 0 Å². The summed E-state index contributed by atoms with van der Waals surface area (Å²) in [5.74, 6) is -0.00534. The van der Waals surface area contributed by atoms with E-state index in [1.54, 1.807) is 0 Å². The standard InChI is InChI=1S/C28H27N5OS/c1-2-11-24(27(34)29-18-20-12-5-3-6-13-20)35-28-30-26-25(31-32-28)22-16-9-10-17-23(22)33(26)19-21-14-7-4-8-15-21/h3-10,12-17,24H,2,11,18-19H2,1H3,(H,29,34). The molecule has 0 radical (unpaired) electrons. The number of fused-ring (bicyclic) bond motifs is 3. The van der Waals surface area contributed by atoms with Crippen LogP contribution >= 0.6 is 11.8 Å². The molecule has 0 aliphatic rings. The van der Waals surface area contributed by atoms with Gasteiger partial charge in [0.05, 0.1) is 10.8 Å². The molecule has 1 unspecified atom stereocenters. The molecule has 2 aromatic heterocycles. The van der Waals surface area contributed by atoms with Gasteiger partial charge in [0.1, 0.15) is 5.52 Å². The summed E-state index contributed by atoms with van der Waals surface area (Å²) in [5, 5.41) is 13.3. The van der Waals surface area contributed by atoms with Crippen molar-refractivity contribution in [3.8, 4) is 0 Å². The molecule has 3 aromatic carbocycles. The lowest BCUT2D eigenvalue weighted by Crippen LogP contribution is -2.32. The predicted molar refractivity (Wildman–Crippen MR) is 141 cm³/mol. The number of carbonyl (C=O) groups is 1. The molecule has 1 N–H and O–H groups in total. The van der Waals surface area contributed by atoms with Crippen LogP contribution < -0.4 is 5.32 Å². The third-order valence-corrected chi connectivity index (χ3v) is 7.06. The largest absolute Gasteiger partial charge is 0.351 e. The van der Waals surface area contributed by atoms with E-state index in [0.717, 1.165) is 40.5 Å². The van der Waals surface area contributed by atoms with E-state index in [-0.39, 0.29) is 11.2 Å². The second kappa shape index (κ2) is 10.7. The van der Waals surface area contributed by atoms with E-state index in [4.69, 9.17) is 4.98 Å². The highest BCUT2D eigenvalue weighted by Crippen LogP contribution is 2.30. The van der Waals surface area contributed by atoms with Gasteiger partial charge in [-0.15, -0.1) is 10.2 Å². The van der Waals surface area contributed by atoms with E-state index < -0.39 is 0 Å². The second-order valence-electron chi connectivity index (χ2n) is 8.45. The van der Waals surface area contributed by atoms with Crippen molar-refractivity contribution < 1.29 is 4.79 Å². The van der Waals surface area contributed by atoms with Crippen molar-refractivity contribution in [3.05, 3.63) is 96.1 Å². The number of nitrogens with one attached hydrogen (secondary N) is 1. The van der Waals surface area contributed by atoms with Crippen molar-refractivity contribution in [1.82, 2.24) is 25.1 Å². The maximum atomic E-state index is 13.0. The number of nitrogens with zero attached hydrogens (tertiary/aromatic N) is 4. The summed E-state index contributed by atoms with van der Waals surface area (Å²) in [6, 6.07) is 28.4. The number of hydrogen-bond donors (Lipinski definition) is 1. The summed E-state index contributed by atoms with van der Waals surface area (Å²) in [4.78, 5) is 17.9. The summed E-state index contributed by atoms with van der Waals surface area (Å²) in [7, 11) is 0. The summed E-state index contributed by atoms with van der Waals surface area (Å²) in [5.41, 5.74) is 4.90. The minimum atomic E-state index is -0.282. The van der Waals surface area contributed by atoms with Crippen molar-refractivity contribution >= 4 is 39.7 Å². The fourth-order valence-electron chi connectivity index (χ4n) is 4.20. The highest BCUT2D eigenvalue weighted by atomic mass is 32.2. The van der Waals surface area contributed by atoms with Crippen LogP contribution in [0.2, 0.25) is 0 Å². The van der Waals surface area contributed by atoms with Crippen LogP contribution in [0.1, 0.15) is 30.9 Å². The van der Waals surface area contributed by atoms with E-state index in [2.05, 4.69) is 51.3 Å². The van der Waals surface area contributed by atoms with Gasteiger partial charge in [-0.1, -0.05) is 104 Å².